The van der Waals surface area contributed by atoms with Crippen LogP contribution in [0.2, 0.25) is 0 Å². The summed E-state index contributed by atoms with van der Waals surface area (Å²) < 4.78 is 34.9. The summed E-state index contributed by atoms with van der Waals surface area (Å²) in [5.74, 6) is -0.232. The molecule has 0 radical (unpaired) electrons. The third-order valence-electron chi connectivity index (χ3n) is 1.33. The van der Waals surface area contributed by atoms with Crippen molar-refractivity contribution < 1.29 is 18.0 Å². The Bertz CT molecular complexity index is 199. The number of rotatable bonds is 4. The van der Waals surface area contributed by atoms with Crippen molar-refractivity contribution in [3.05, 3.63) is 11.6 Å². The molecule has 0 atom stereocenters. The average molecular weight is 194 g/mol. The molecular formula is C9H13F3O. The zero-order valence-electron chi connectivity index (χ0n) is 7.74. The normalized spacial score (nSPS) is 11.2. The molecule has 0 aromatic carbocycles. The van der Waals surface area contributed by atoms with Gasteiger partial charge in [0.1, 0.15) is 0 Å². The van der Waals surface area contributed by atoms with Gasteiger partial charge in [-0.25, -0.2) is 0 Å². The number of carbonyl (C=O) groups is 1. The molecule has 0 aliphatic heterocycles. The molecule has 0 bridgehead atoms. The molecule has 0 fully saturated rings. The van der Waals surface area contributed by atoms with E-state index >= 15 is 0 Å². The summed E-state index contributed by atoms with van der Waals surface area (Å²) in [4.78, 5) is 10.9. The van der Waals surface area contributed by atoms with E-state index in [0.717, 1.165) is 5.57 Å². The van der Waals surface area contributed by atoms with Crippen LogP contribution in [0.25, 0.3) is 0 Å². The number of hydrogen-bond acceptors (Lipinski definition) is 1. The van der Waals surface area contributed by atoms with Gasteiger partial charge in [0.05, 0.1) is 0 Å². The summed E-state index contributed by atoms with van der Waals surface area (Å²) in [6.45, 7) is 3.48. The Labute approximate surface area is 75.6 Å². The summed E-state index contributed by atoms with van der Waals surface area (Å²) in [6.07, 6.45) is -3.80. The van der Waals surface area contributed by atoms with Gasteiger partial charge < -0.3 is 0 Å². The van der Waals surface area contributed by atoms with Crippen LogP contribution in [0.3, 0.4) is 0 Å². The highest BCUT2D eigenvalue weighted by Gasteiger charge is 2.26. The summed E-state index contributed by atoms with van der Waals surface area (Å²) in [5, 5.41) is 0. The fourth-order valence-electron chi connectivity index (χ4n) is 0.857. The first kappa shape index (κ1) is 12.2. The van der Waals surface area contributed by atoms with Crippen molar-refractivity contribution in [2.75, 3.05) is 0 Å². The van der Waals surface area contributed by atoms with Crippen LogP contribution in [0.1, 0.15) is 33.1 Å². The molecule has 0 rings (SSSR count). The van der Waals surface area contributed by atoms with Crippen molar-refractivity contribution >= 4 is 5.78 Å². The standard InChI is InChI=1S/C9H13F3O/c1-7(2)6-8(13)4-3-5-9(10,11)12/h6H,3-5H2,1-2H3. The van der Waals surface area contributed by atoms with E-state index in [1.165, 1.54) is 6.08 Å². The number of allylic oxidation sites excluding steroid dienone is 2. The molecule has 0 saturated carbocycles. The van der Waals surface area contributed by atoms with Crippen molar-refractivity contribution in [1.29, 1.82) is 0 Å². The van der Waals surface area contributed by atoms with E-state index in [1.54, 1.807) is 13.8 Å². The topological polar surface area (TPSA) is 17.1 Å². The lowest BCUT2D eigenvalue weighted by atomic mass is 10.1. The molecule has 0 unspecified atom stereocenters. The zero-order valence-corrected chi connectivity index (χ0v) is 7.74. The van der Waals surface area contributed by atoms with Gasteiger partial charge in [-0.05, 0) is 26.3 Å². The second-order valence-corrected chi connectivity index (χ2v) is 3.16. The highest BCUT2D eigenvalue weighted by atomic mass is 19.4. The minimum Gasteiger partial charge on any atom is -0.295 e. The highest BCUT2D eigenvalue weighted by Crippen LogP contribution is 2.22. The maximum Gasteiger partial charge on any atom is 0.389 e. The number of carbonyl (C=O) groups excluding carboxylic acids is 1. The fourth-order valence-corrected chi connectivity index (χ4v) is 0.857. The van der Waals surface area contributed by atoms with E-state index in [0.29, 0.717) is 0 Å². The van der Waals surface area contributed by atoms with Gasteiger partial charge in [0.25, 0.3) is 0 Å². The lowest BCUT2D eigenvalue weighted by molar-refractivity contribution is -0.136. The molecule has 4 heteroatoms. The molecule has 0 aromatic rings. The van der Waals surface area contributed by atoms with Gasteiger partial charge in [0.15, 0.2) is 5.78 Å². The van der Waals surface area contributed by atoms with E-state index in [4.69, 9.17) is 0 Å². The molecule has 0 aliphatic rings. The second-order valence-electron chi connectivity index (χ2n) is 3.16. The van der Waals surface area contributed by atoms with E-state index in [1.807, 2.05) is 0 Å². The summed E-state index contributed by atoms with van der Waals surface area (Å²) in [6, 6.07) is 0. The largest absolute Gasteiger partial charge is 0.389 e. The van der Waals surface area contributed by atoms with Crippen LogP contribution in [0.4, 0.5) is 13.2 Å². The lowest BCUT2D eigenvalue weighted by Gasteiger charge is -2.03. The number of hydrogen-bond donors (Lipinski definition) is 0. The van der Waals surface area contributed by atoms with Gasteiger partial charge in [0, 0.05) is 12.8 Å². The van der Waals surface area contributed by atoms with Gasteiger partial charge >= 0.3 is 6.18 Å². The lowest BCUT2D eigenvalue weighted by Crippen LogP contribution is -2.07. The maximum atomic E-state index is 11.6. The number of halogens is 3. The van der Waals surface area contributed by atoms with Gasteiger partial charge in [-0.3, -0.25) is 4.79 Å². The SMILES string of the molecule is CC(C)=CC(=O)CCCC(F)(F)F. The third kappa shape index (κ3) is 9.11. The summed E-state index contributed by atoms with van der Waals surface area (Å²) in [7, 11) is 0. The average Bonchev–Trinajstić information content (AvgIpc) is 1.81. The van der Waals surface area contributed by atoms with Gasteiger partial charge in [-0.1, -0.05) is 5.57 Å². The molecule has 0 spiro atoms. The van der Waals surface area contributed by atoms with Crippen molar-refractivity contribution in [3.8, 4) is 0 Å². The van der Waals surface area contributed by atoms with Crippen LogP contribution in [0.5, 0.6) is 0 Å². The molecule has 0 aromatic heterocycles. The molecule has 0 amide bonds. The Kier molecular flexibility index (Phi) is 4.73. The van der Waals surface area contributed by atoms with Gasteiger partial charge in [0.2, 0.25) is 0 Å². The van der Waals surface area contributed by atoms with Crippen LogP contribution in [0, 0.1) is 0 Å². The first-order valence-electron chi connectivity index (χ1n) is 4.06. The Balaban J connectivity index is 3.67. The van der Waals surface area contributed by atoms with Gasteiger partial charge in [-0.15, -0.1) is 0 Å². The van der Waals surface area contributed by atoms with Crippen molar-refractivity contribution in [2.24, 2.45) is 0 Å². The molecule has 13 heavy (non-hydrogen) atoms. The molecule has 1 nitrogen and oxygen atoms in total. The maximum absolute atomic E-state index is 11.6. The zero-order chi connectivity index (χ0) is 10.5. The van der Waals surface area contributed by atoms with Crippen molar-refractivity contribution in [1.82, 2.24) is 0 Å². The highest BCUT2D eigenvalue weighted by molar-refractivity contribution is 5.90. The van der Waals surface area contributed by atoms with E-state index in [-0.39, 0.29) is 18.6 Å². The Morgan fingerprint density at radius 3 is 2.23 bits per heavy atom. The van der Waals surface area contributed by atoms with E-state index in [9.17, 15) is 18.0 Å². The van der Waals surface area contributed by atoms with Crippen molar-refractivity contribution in [2.45, 2.75) is 39.3 Å². The minimum absolute atomic E-state index is 0.0231. The molecule has 76 valence electrons. The predicted molar refractivity (Wildman–Crippen MR) is 44.3 cm³/mol. The van der Waals surface area contributed by atoms with E-state index < -0.39 is 12.6 Å². The van der Waals surface area contributed by atoms with Gasteiger partial charge in [-0.2, -0.15) is 13.2 Å². The Morgan fingerprint density at radius 1 is 1.31 bits per heavy atom. The van der Waals surface area contributed by atoms with Crippen LogP contribution in [-0.2, 0) is 4.79 Å². The molecule has 0 N–H and O–H groups in total. The first-order valence-corrected chi connectivity index (χ1v) is 4.06. The monoisotopic (exact) mass is 194 g/mol. The molecular weight excluding hydrogens is 181 g/mol. The number of alkyl halides is 3. The van der Waals surface area contributed by atoms with Crippen LogP contribution < -0.4 is 0 Å². The smallest absolute Gasteiger partial charge is 0.295 e. The molecule has 0 saturated heterocycles. The summed E-state index contributed by atoms with van der Waals surface area (Å²) in [5.41, 5.74) is 0.817. The first-order chi connectivity index (χ1) is 5.81. The quantitative estimate of drug-likeness (QED) is 0.628. The van der Waals surface area contributed by atoms with Crippen LogP contribution in [0.15, 0.2) is 11.6 Å². The molecule has 0 heterocycles. The summed E-state index contributed by atoms with van der Waals surface area (Å²) >= 11 is 0. The number of ketones is 1. The third-order valence-corrected chi connectivity index (χ3v) is 1.33. The van der Waals surface area contributed by atoms with E-state index in [2.05, 4.69) is 0 Å². The fraction of sp³-hybridized carbons (Fsp3) is 0.667. The Hall–Kier alpha value is -0.800. The molecule has 0 aliphatic carbocycles. The predicted octanol–water partition coefficient (Wildman–Crippen LogP) is 3.25. The second kappa shape index (κ2) is 5.04. The van der Waals surface area contributed by atoms with Crippen molar-refractivity contribution in [3.63, 3.8) is 0 Å². The minimum atomic E-state index is -4.15. The van der Waals surface area contributed by atoms with Crippen LogP contribution >= 0.6 is 0 Å². The Morgan fingerprint density at radius 2 is 1.85 bits per heavy atom. The van der Waals surface area contributed by atoms with Crippen LogP contribution in [-0.4, -0.2) is 12.0 Å².